The monoisotopic (exact) mass is 291 g/mol. The van der Waals surface area contributed by atoms with Crippen LogP contribution in [0.5, 0.6) is 5.75 Å². The molecule has 0 aliphatic heterocycles. The van der Waals surface area contributed by atoms with Crippen LogP contribution in [0.15, 0.2) is 18.2 Å². The first-order valence-electron chi connectivity index (χ1n) is 8.57. The molecule has 0 radical (unpaired) electrons. The van der Waals surface area contributed by atoms with E-state index in [1.165, 1.54) is 43.4 Å². The van der Waals surface area contributed by atoms with E-state index in [0.717, 1.165) is 31.2 Å². The quantitative estimate of drug-likeness (QED) is 0.587. The summed E-state index contributed by atoms with van der Waals surface area (Å²) in [6.45, 7) is 11.9. The third-order valence-corrected chi connectivity index (χ3v) is 4.05. The lowest BCUT2D eigenvalue weighted by Crippen LogP contribution is -2.23. The summed E-state index contributed by atoms with van der Waals surface area (Å²) in [7, 11) is 0. The van der Waals surface area contributed by atoms with E-state index in [0.29, 0.717) is 0 Å². The Labute approximate surface area is 131 Å². The van der Waals surface area contributed by atoms with Crippen molar-refractivity contribution in [3.05, 3.63) is 29.3 Å². The number of benzene rings is 1. The zero-order valence-corrected chi connectivity index (χ0v) is 14.4. The van der Waals surface area contributed by atoms with E-state index in [1.54, 1.807) is 0 Å². The Morgan fingerprint density at radius 2 is 1.62 bits per heavy atom. The maximum absolute atomic E-state index is 5.83. The third-order valence-electron chi connectivity index (χ3n) is 4.05. The normalized spacial score (nSPS) is 11.1. The molecule has 0 aliphatic carbocycles. The summed E-state index contributed by atoms with van der Waals surface area (Å²) in [5.74, 6) is 1.86. The second kappa shape index (κ2) is 10.7. The van der Waals surface area contributed by atoms with Crippen molar-refractivity contribution in [3.63, 3.8) is 0 Å². The van der Waals surface area contributed by atoms with Gasteiger partial charge < -0.3 is 10.1 Å². The van der Waals surface area contributed by atoms with Crippen LogP contribution in [0.4, 0.5) is 0 Å². The molecule has 2 nitrogen and oxygen atoms in total. The molecule has 1 N–H and O–H groups in total. The molecular formula is C19H33NO. The van der Waals surface area contributed by atoms with Gasteiger partial charge >= 0.3 is 0 Å². The molecule has 0 amide bonds. The van der Waals surface area contributed by atoms with Crippen LogP contribution in [-0.2, 0) is 0 Å². The Morgan fingerprint density at radius 1 is 0.952 bits per heavy atom. The van der Waals surface area contributed by atoms with E-state index >= 15 is 0 Å². The van der Waals surface area contributed by atoms with E-state index in [2.05, 4.69) is 51.2 Å². The van der Waals surface area contributed by atoms with Gasteiger partial charge in [-0.2, -0.15) is 0 Å². The SMILES string of the molecule is CCC(CC)CNCCCCCOc1cc(C)cc(C)c1. The summed E-state index contributed by atoms with van der Waals surface area (Å²) in [5, 5.41) is 3.57. The van der Waals surface area contributed by atoms with Gasteiger partial charge in [-0.1, -0.05) is 32.8 Å². The number of hydrogen-bond donors (Lipinski definition) is 1. The lowest BCUT2D eigenvalue weighted by atomic mass is 10.0. The van der Waals surface area contributed by atoms with Crippen molar-refractivity contribution >= 4 is 0 Å². The first-order chi connectivity index (χ1) is 10.2. The Morgan fingerprint density at radius 3 is 2.24 bits per heavy atom. The maximum Gasteiger partial charge on any atom is 0.119 e. The van der Waals surface area contributed by atoms with E-state index in [1.807, 2.05) is 0 Å². The van der Waals surface area contributed by atoms with Crippen molar-refractivity contribution in [2.75, 3.05) is 19.7 Å². The highest BCUT2D eigenvalue weighted by molar-refractivity contribution is 5.32. The molecule has 1 rings (SSSR count). The van der Waals surface area contributed by atoms with Gasteiger partial charge in [-0.25, -0.2) is 0 Å². The average Bonchev–Trinajstić information content (AvgIpc) is 2.45. The van der Waals surface area contributed by atoms with Gasteiger partial charge in [0.15, 0.2) is 0 Å². The van der Waals surface area contributed by atoms with Crippen LogP contribution in [0.1, 0.15) is 57.1 Å². The number of hydrogen-bond acceptors (Lipinski definition) is 2. The molecule has 0 saturated carbocycles. The van der Waals surface area contributed by atoms with Crippen molar-refractivity contribution in [1.29, 1.82) is 0 Å². The average molecular weight is 291 g/mol. The molecule has 0 aliphatic rings. The molecular weight excluding hydrogens is 258 g/mol. The standard InChI is InChI=1S/C19H33NO/c1-5-18(6-2)15-20-10-8-7-9-11-21-19-13-16(3)12-17(4)14-19/h12-14,18,20H,5-11,15H2,1-4H3. The first kappa shape index (κ1) is 18.0. The van der Waals surface area contributed by atoms with Gasteiger partial charge in [0.25, 0.3) is 0 Å². The maximum atomic E-state index is 5.83. The molecule has 0 saturated heterocycles. The van der Waals surface area contributed by atoms with Crippen LogP contribution >= 0.6 is 0 Å². The molecule has 120 valence electrons. The molecule has 1 aromatic rings. The highest BCUT2D eigenvalue weighted by Crippen LogP contribution is 2.16. The van der Waals surface area contributed by atoms with Gasteiger partial charge in [-0.05, 0) is 75.4 Å². The predicted molar refractivity (Wildman–Crippen MR) is 92.2 cm³/mol. The summed E-state index contributed by atoms with van der Waals surface area (Å²) in [6.07, 6.45) is 6.19. The largest absolute Gasteiger partial charge is 0.494 e. The predicted octanol–water partition coefficient (Wildman–Crippen LogP) is 4.88. The van der Waals surface area contributed by atoms with Crippen LogP contribution in [0, 0.1) is 19.8 Å². The zero-order valence-electron chi connectivity index (χ0n) is 14.4. The highest BCUT2D eigenvalue weighted by atomic mass is 16.5. The van der Waals surface area contributed by atoms with Gasteiger partial charge in [0.05, 0.1) is 6.61 Å². The molecule has 1 aromatic carbocycles. The number of ether oxygens (including phenoxy) is 1. The van der Waals surface area contributed by atoms with Crippen molar-refractivity contribution in [2.24, 2.45) is 5.92 Å². The Hall–Kier alpha value is -1.02. The zero-order chi connectivity index (χ0) is 15.5. The van der Waals surface area contributed by atoms with E-state index in [4.69, 9.17) is 4.74 Å². The van der Waals surface area contributed by atoms with Crippen LogP contribution < -0.4 is 10.1 Å². The fraction of sp³-hybridized carbons (Fsp3) is 0.684. The lowest BCUT2D eigenvalue weighted by molar-refractivity contribution is 0.304. The molecule has 0 heterocycles. The molecule has 0 spiro atoms. The van der Waals surface area contributed by atoms with Gasteiger partial charge in [0.1, 0.15) is 5.75 Å². The van der Waals surface area contributed by atoms with Gasteiger partial charge in [0, 0.05) is 0 Å². The summed E-state index contributed by atoms with van der Waals surface area (Å²) in [5.41, 5.74) is 2.55. The third kappa shape index (κ3) is 8.11. The van der Waals surface area contributed by atoms with Gasteiger partial charge in [-0.3, -0.25) is 0 Å². The smallest absolute Gasteiger partial charge is 0.119 e. The Kier molecular flexibility index (Phi) is 9.16. The minimum atomic E-state index is 0.829. The number of unbranched alkanes of at least 4 members (excludes halogenated alkanes) is 2. The molecule has 0 aromatic heterocycles. The number of rotatable bonds is 11. The van der Waals surface area contributed by atoms with Crippen molar-refractivity contribution < 1.29 is 4.74 Å². The minimum absolute atomic E-state index is 0.829. The van der Waals surface area contributed by atoms with E-state index < -0.39 is 0 Å². The number of aryl methyl sites for hydroxylation is 2. The molecule has 0 fully saturated rings. The molecule has 0 unspecified atom stereocenters. The second-order valence-corrected chi connectivity index (χ2v) is 6.12. The van der Waals surface area contributed by atoms with Crippen molar-refractivity contribution in [1.82, 2.24) is 5.32 Å². The number of nitrogens with one attached hydrogen (secondary N) is 1. The summed E-state index contributed by atoms with van der Waals surface area (Å²) >= 11 is 0. The second-order valence-electron chi connectivity index (χ2n) is 6.12. The minimum Gasteiger partial charge on any atom is -0.494 e. The van der Waals surface area contributed by atoms with Crippen LogP contribution in [0.2, 0.25) is 0 Å². The summed E-state index contributed by atoms with van der Waals surface area (Å²) < 4.78 is 5.83. The molecule has 0 bridgehead atoms. The topological polar surface area (TPSA) is 21.3 Å². The van der Waals surface area contributed by atoms with Crippen molar-refractivity contribution in [2.45, 2.75) is 59.8 Å². The van der Waals surface area contributed by atoms with Crippen LogP contribution in [-0.4, -0.2) is 19.7 Å². The fourth-order valence-corrected chi connectivity index (χ4v) is 2.62. The van der Waals surface area contributed by atoms with E-state index in [9.17, 15) is 0 Å². The van der Waals surface area contributed by atoms with Gasteiger partial charge in [0.2, 0.25) is 0 Å². The van der Waals surface area contributed by atoms with Crippen LogP contribution in [0.3, 0.4) is 0 Å². The summed E-state index contributed by atoms with van der Waals surface area (Å²) in [6, 6.07) is 6.41. The highest BCUT2D eigenvalue weighted by Gasteiger charge is 2.01. The fourth-order valence-electron chi connectivity index (χ4n) is 2.62. The van der Waals surface area contributed by atoms with Crippen LogP contribution in [0.25, 0.3) is 0 Å². The first-order valence-corrected chi connectivity index (χ1v) is 8.57. The van der Waals surface area contributed by atoms with Crippen molar-refractivity contribution in [3.8, 4) is 5.75 Å². The molecule has 2 heteroatoms. The summed E-state index contributed by atoms with van der Waals surface area (Å²) in [4.78, 5) is 0. The van der Waals surface area contributed by atoms with E-state index in [-0.39, 0.29) is 0 Å². The molecule has 0 atom stereocenters. The Balaban J connectivity index is 2.02. The lowest BCUT2D eigenvalue weighted by Gasteiger charge is -2.13. The van der Waals surface area contributed by atoms with Gasteiger partial charge in [-0.15, -0.1) is 0 Å². The Bertz CT molecular complexity index is 365. The molecule has 21 heavy (non-hydrogen) atoms.